The number of rotatable bonds is 2. The van der Waals surface area contributed by atoms with Crippen LogP contribution in [0, 0.1) is 0 Å². The molecular formula is C13H15NO. The first-order valence-corrected chi connectivity index (χ1v) is 5.26. The van der Waals surface area contributed by atoms with Gasteiger partial charge in [0.05, 0.1) is 6.42 Å². The fraction of sp³-hybridized carbons (Fsp3) is 0.308. The Bertz CT molecular complexity index is 392. The van der Waals surface area contributed by atoms with Crippen LogP contribution in [0.2, 0.25) is 0 Å². The van der Waals surface area contributed by atoms with Gasteiger partial charge in [0.2, 0.25) is 5.91 Å². The van der Waals surface area contributed by atoms with Gasteiger partial charge in [0, 0.05) is 12.2 Å². The third kappa shape index (κ3) is 1.94. The molecule has 0 aliphatic carbocycles. The molecule has 0 aromatic heterocycles. The first kappa shape index (κ1) is 9.97. The lowest BCUT2D eigenvalue weighted by Gasteiger charge is -2.17. The second-order valence-electron chi connectivity index (χ2n) is 4.09. The van der Waals surface area contributed by atoms with E-state index < -0.39 is 0 Å². The van der Waals surface area contributed by atoms with Gasteiger partial charge in [-0.15, -0.1) is 0 Å². The second-order valence-corrected chi connectivity index (χ2v) is 4.09. The molecule has 0 N–H and O–H groups in total. The quantitative estimate of drug-likeness (QED) is 0.720. The molecule has 1 amide bonds. The van der Waals surface area contributed by atoms with Crippen molar-refractivity contribution >= 4 is 11.5 Å². The summed E-state index contributed by atoms with van der Waals surface area (Å²) in [5.41, 5.74) is 2.27. The van der Waals surface area contributed by atoms with Crippen LogP contribution >= 0.6 is 0 Å². The maximum Gasteiger partial charge on any atom is 0.231 e. The van der Waals surface area contributed by atoms with Gasteiger partial charge in [0.25, 0.3) is 0 Å². The smallest absolute Gasteiger partial charge is 0.231 e. The zero-order chi connectivity index (χ0) is 10.8. The van der Waals surface area contributed by atoms with E-state index >= 15 is 0 Å². The minimum absolute atomic E-state index is 0.198. The summed E-state index contributed by atoms with van der Waals surface area (Å²) in [6.07, 6.45) is 2.50. The predicted molar refractivity (Wildman–Crippen MR) is 61.0 cm³/mol. The van der Waals surface area contributed by atoms with E-state index in [2.05, 4.69) is 0 Å². The van der Waals surface area contributed by atoms with Crippen LogP contribution in [-0.2, 0) is 4.79 Å². The number of carbonyl (C=O) groups is 1. The van der Waals surface area contributed by atoms with Crippen molar-refractivity contribution in [1.82, 2.24) is 4.90 Å². The summed E-state index contributed by atoms with van der Waals surface area (Å²) in [7, 11) is 0. The summed E-state index contributed by atoms with van der Waals surface area (Å²) in [4.78, 5) is 13.5. The van der Waals surface area contributed by atoms with Crippen LogP contribution < -0.4 is 0 Å². The van der Waals surface area contributed by atoms with Gasteiger partial charge in [-0.2, -0.15) is 0 Å². The van der Waals surface area contributed by atoms with Crippen molar-refractivity contribution < 1.29 is 4.79 Å². The lowest BCUT2D eigenvalue weighted by molar-refractivity contribution is -0.127. The molecular weight excluding hydrogens is 186 g/mol. The van der Waals surface area contributed by atoms with Gasteiger partial charge in [-0.05, 0) is 25.0 Å². The van der Waals surface area contributed by atoms with E-state index in [0.717, 1.165) is 11.1 Å². The number of benzene rings is 1. The summed E-state index contributed by atoms with van der Waals surface area (Å²) in [6, 6.07) is 10.3. The largest absolute Gasteiger partial charge is 0.316 e. The Hall–Kier alpha value is -1.57. The fourth-order valence-electron chi connectivity index (χ4n) is 1.81. The van der Waals surface area contributed by atoms with Crippen LogP contribution in [0.4, 0.5) is 0 Å². The molecule has 2 nitrogen and oxygen atoms in total. The Morgan fingerprint density at radius 1 is 1.20 bits per heavy atom. The Morgan fingerprint density at radius 3 is 2.40 bits per heavy atom. The van der Waals surface area contributed by atoms with Crippen molar-refractivity contribution in [2.75, 3.05) is 0 Å². The lowest BCUT2D eigenvalue weighted by atomic mass is 10.1. The standard InChI is InChI=1S/C13H15NO/c1-10(2)14-9-12(8-13(14)15)11-6-4-3-5-7-11/h3-7,9-10H,8H2,1-2H3. The maximum absolute atomic E-state index is 11.7. The highest BCUT2D eigenvalue weighted by Crippen LogP contribution is 2.26. The topological polar surface area (TPSA) is 20.3 Å². The summed E-state index contributed by atoms with van der Waals surface area (Å²) >= 11 is 0. The average molecular weight is 201 g/mol. The molecule has 1 heterocycles. The molecule has 0 spiro atoms. The summed E-state index contributed by atoms with van der Waals surface area (Å²) in [5.74, 6) is 0.198. The van der Waals surface area contributed by atoms with Crippen LogP contribution in [0.1, 0.15) is 25.8 Å². The van der Waals surface area contributed by atoms with Gasteiger partial charge in [0.15, 0.2) is 0 Å². The molecule has 2 rings (SSSR count). The first-order valence-electron chi connectivity index (χ1n) is 5.26. The van der Waals surface area contributed by atoms with Crippen LogP contribution in [0.5, 0.6) is 0 Å². The summed E-state index contributed by atoms with van der Waals surface area (Å²) in [6.45, 7) is 4.06. The van der Waals surface area contributed by atoms with Crippen molar-refractivity contribution in [2.45, 2.75) is 26.3 Å². The highest BCUT2D eigenvalue weighted by Gasteiger charge is 2.24. The maximum atomic E-state index is 11.7. The van der Waals surface area contributed by atoms with Gasteiger partial charge < -0.3 is 4.90 Å². The van der Waals surface area contributed by atoms with Crippen LogP contribution in [0.25, 0.3) is 5.57 Å². The van der Waals surface area contributed by atoms with E-state index in [0.29, 0.717) is 6.42 Å². The molecule has 1 aliphatic rings. The molecule has 0 atom stereocenters. The molecule has 1 aromatic rings. The Balaban J connectivity index is 2.27. The molecule has 0 unspecified atom stereocenters. The SMILES string of the molecule is CC(C)N1C=C(c2ccccc2)CC1=O. The van der Waals surface area contributed by atoms with Crippen LogP contribution in [0.3, 0.4) is 0 Å². The first-order chi connectivity index (χ1) is 7.18. The number of hydrogen-bond acceptors (Lipinski definition) is 1. The van der Waals surface area contributed by atoms with Crippen molar-refractivity contribution in [2.24, 2.45) is 0 Å². The molecule has 0 bridgehead atoms. The van der Waals surface area contributed by atoms with Gasteiger partial charge >= 0.3 is 0 Å². The molecule has 78 valence electrons. The minimum atomic E-state index is 0.198. The van der Waals surface area contributed by atoms with Gasteiger partial charge in [-0.1, -0.05) is 30.3 Å². The van der Waals surface area contributed by atoms with E-state index in [1.54, 1.807) is 0 Å². The van der Waals surface area contributed by atoms with Crippen LogP contribution in [-0.4, -0.2) is 16.8 Å². The lowest BCUT2D eigenvalue weighted by Crippen LogP contribution is -2.27. The van der Waals surface area contributed by atoms with E-state index in [4.69, 9.17) is 0 Å². The Morgan fingerprint density at radius 2 is 1.87 bits per heavy atom. The molecule has 1 aliphatic heterocycles. The molecule has 0 saturated heterocycles. The highest BCUT2D eigenvalue weighted by molar-refractivity contribution is 5.94. The van der Waals surface area contributed by atoms with Crippen molar-refractivity contribution in [3.8, 4) is 0 Å². The number of nitrogens with zero attached hydrogens (tertiary/aromatic N) is 1. The summed E-state index contributed by atoms with van der Waals surface area (Å²) in [5, 5.41) is 0. The molecule has 2 heteroatoms. The number of amides is 1. The highest BCUT2D eigenvalue weighted by atomic mass is 16.2. The van der Waals surface area contributed by atoms with Crippen molar-refractivity contribution in [3.63, 3.8) is 0 Å². The zero-order valence-corrected chi connectivity index (χ0v) is 9.10. The van der Waals surface area contributed by atoms with Crippen molar-refractivity contribution in [3.05, 3.63) is 42.1 Å². The molecule has 1 aromatic carbocycles. The minimum Gasteiger partial charge on any atom is -0.316 e. The summed E-state index contributed by atoms with van der Waals surface area (Å²) < 4.78 is 0. The monoisotopic (exact) mass is 201 g/mol. The van der Waals surface area contributed by atoms with E-state index in [1.807, 2.05) is 55.3 Å². The van der Waals surface area contributed by atoms with Gasteiger partial charge in [-0.25, -0.2) is 0 Å². The normalized spacial score (nSPS) is 16.1. The van der Waals surface area contributed by atoms with Crippen LogP contribution in [0.15, 0.2) is 36.5 Å². The van der Waals surface area contributed by atoms with Gasteiger partial charge in [-0.3, -0.25) is 4.79 Å². The molecule has 15 heavy (non-hydrogen) atoms. The van der Waals surface area contributed by atoms with Gasteiger partial charge in [0.1, 0.15) is 0 Å². The number of carbonyl (C=O) groups excluding carboxylic acids is 1. The van der Waals surface area contributed by atoms with E-state index in [1.165, 1.54) is 0 Å². The molecule has 0 radical (unpaired) electrons. The second kappa shape index (κ2) is 3.89. The Kier molecular flexibility index (Phi) is 2.58. The van der Waals surface area contributed by atoms with Crippen molar-refractivity contribution in [1.29, 1.82) is 0 Å². The molecule has 0 saturated carbocycles. The average Bonchev–Trinajstić information content (AvgIpc) is 2.62. The third-order valence-corrected chi connectivity index (χ3v) is 2.63. The number of hydrogen-bond donors (Lipinski definition) is 0. The van der Waals surface area contributed by atoms with E-state index in [9.17, 15) is 4.79 Å². The van der Waals surface area contributed by atoms with E-state index in [-0.39, 0.29) is 11.9 Å². The third-order valence-electron chi connectivity index (χ3n) is 2.63. The fourth-order valence-corrected chi connectivity index (χ4v) is 1.81. The zero-order valence-electron chi connectivity index (χ0n) is 9.10. The Labute approximate surface area is 90.2 Å². The molecule has 0 fully saturated rings. The predicted octanol–water partition coefficient (Wildman–Crippen LogP) is 2.67.